The van der Waals surface area contributed by atoms with Gasteiger partial charge in [-0.15, -0.1) is 0 Å². The third kappa shape index (κ3) is 8.83. The van der Waals surface area contributed by atoms with Crippen molar-refractivity contribution in [3.05, 3.63) is 108 Å². The van der Waals surface area contributed by atoms with Crippen molar-refractivity contribution in [1.82, 2.24) is 20.1 Å². The Morgan fingerprint density at radius 2 is 1.48 bits per heavy atom. The van der Waals surface area contributed by atoms with Crippen molar-refractivity contribution in [2.24, 2.45) is 0 Å². The average molecular weight is 845 g/mol. The number of carbonyl (C=O) groups is 5. The van der Waals surface area contributed by atoms with Gasteiger partial charge in [0.15, 0.2) is 0 Å². The summed E-state index contributed by atoms with van der Waals surface area (Å²) in [6, 6.07) is 22.1. The van der Waals surface area contributed by atoms with Gasteiger partial charge in [-0.1, -0.05) is 6.07 Å². The maximum absolute atomic E-state index is 15.1. The fourth-order valence-corrected chi connectivity index (χ4v) is 8.81. The first-order chi connectivity index (χ1) is 30.2. The van der Waals surface area contributed by atoms with Gasteiger partial charge in [-0.2, -0.15) is 0 Å². The standard InChI is InChI=1S/C46H49FN8O7/c47-39-29-33(10-12-37(39)43(57)49-30-5-7-31(8-6-30)52-21-23-54(24-22-52)41-4-1-2-15-48-41)62-35-27-34(28-35)61-25-3-16-51-17-19-53(20-18-51)32-9-11-36-38(26-32)46(60)55(45(36)59)40-13-14-42(56)50-44(40)58/h1-2,4-12,15,26,29,34-35,40H,3,13-14,16-25,27-28H2,(H,49,57)(H,50,56,58). The number of halogens is 1. The third-order valence-electron chi connectivity index (χ3n) is 12.4. The molecule has 1 aromatic heterocycles. The number of pyridine rings is 1. The second kappa shape index (κ2) is 17.9. The van der Waals surface area contributed by atoms with Crippen LogP contribution < -0.4 is 30.1 Å². The smallest absolute Gasteiger partial charge is 0.262 e. The molecule has 15 nitrogen and oxygen atoms in total. The molecule has 4 fully saturated rings. The molecular formula is C46H49FN8O7. The molecule has 4 aromatic rings. The van der Waals surface area contributed by atoms with Crippen molar-refractivity contribution in [1.29, 1.82) is 0 Å². The number of carbonyl (C=O) groups excluding carboxylic acids is 5. The first kappa shape index (κ1) is 41.0. The van der Waals surface area contributed by atoms with E-state index in [0.717, 1.165) is 87.4 Å². The molecule has 1 atom stereocenters. The Bertz CT molecular complexity index is 2330. The Kier molecular flexibility index (Phi) is 11.8. The van der Waals surface area contributed by atoms with Crippen LogP contribution in [0.25, 0.3) is 0 Å². The summed E-state index contributed by atoms with van der Waals surface area (Å²) in [6.45, 7) is 8.13. The summed E-state index contributed by atoms with van der Waals surface area (Å²) in [5.41, 5.74) is 3.00. The predicted molar refractivity (Wildman–Crippen MR) is 229 cm³/mol. The molecule has 0 bridgehead atoms. The van der Waals surface area contributed by atoms with Gasteiger partial charge >= 0.3 is 0 Å². The molecule has 0 spiro atoms. The highest BCUT2D eigenvalue weighted by Crippen LogP contribution is 2.32. The van der Waals surface area contributed by atoms with Crippen molar-refractivity contribution >= 4 is 52.4 Å². The lowest BCUT2D eigenvalue weighted by molar-refractivity contribution is -0.136. The van der Waals surface area contributed by atoms with Crippen LogP contribution in [0.3, 0.4) is 0 Å². The van der Waals surface area contributed by atoms with E-state index in [0.29, 0.717) is 30.9 Å². The molecule has 322 valence electrons. The normalized spacial score (nSPS) is 21.7. The Morgan fingerprint density at radius 3 is 2.21 bits per heavy atom. The molecule has 5 amide bonds. The number of imide groups is 2. The minimum absolute atomic E-state index is 0.0548. The molecule has 3 aromatic carbocycles. The van der Waals surface area contributed by atoms with E-state index in [1.807, 2.05) is 54.7 Å². The molecule has 5 aliphatic rings. The van der Waals surface area contributed by atoms with Gasteiger partial charge in [0.05, 0.1) is 22.8 Å². The molecule has 3 saturated heterocycles. The van der Waals surface area contributed by atoms with E-state index in [1.54, 1.807) is 18.2 Å². The fraction of sp³-hybridized carbons (Fsp3) is 0.391. The van der Waals surface area contributed by atoms with Gasteiger partial charge < -0.3 is 29.5 Å². The van der Waals surface area contributed by atoms with Gasteiger partial charge in [0.1, 0.15) is 29.5 Å². The number of aromatic nitrogens is 1. The summed E-state index contributed by atoms with van der Waals surface area (Å²) >= 11 is 0. The topological polar surface area (TPSA) is 157 Å². The van der Waals surface area contributed by atoms with Gasteiger partial charge in [-0.3, -0.25) is 39.1 Å². The Balaban J connectivity index is 0.656. The molecule has 9 rings (SSSR count). The molecule has 0 radical (unpaired) electrons. The Morgan fingerprint density at radius 1 is 0.774 bits per heavy atom. The molecule has 1 unspecified atom stereocenters. The SMILES string of the molecule is O=C1CCC(N2C(=O)c3ccc(N4CCN(CCCOC5CC(Oc6ccc(C(=O)Nc7ccc(N8CCN(c9ccccn9)CC8)cc7)c(F)c6)C5)CC4)cc3C2=O)C(=O)N1. The molecule has 16 heteroatoms. The highest BCUT2D eigenvalue weighted by atomic mass is 19.1. The van der Waals surface area contributed by atoms with E-state index in [1.165, 1.54) is 12.1 Å². The zero-order valence-corrected chi connectivity index (χ0v) is 34.3. The van der Waals surface area contributed by atoms with Gasteiger partial charge in [0.25, 0.3) is 17.7 Å². The summed E-state index contributed by atoms with van der Waals surface area (Å²) < 4.78 is 27.2. The van der Waals surface area contributed by atoms with Crippen LogP contribution in [-0.2, 0) is 14.3 Å². The number of anilines is 4. The molecule has 2 N–H and O–H groups in total. The number of benzene rings is 3. The highest BCUT2D eigenvalue weighted by molar-refractivity contribution is 6.23. The lowest BCUT2D eigenvalue weighted by Crippen LogP contribution is -2.54. The van der Waals surface area contributed by atoms with Gasteiger partial charge in [0, 0.05) is 114 Å². The summed E-state index contributed by atoms with van der Waals surface area (Å²) in [7, 11) is 0. The van der Waals surface area contributed by atoms with Gasteiger partial charge in [-0.25, -0.2) is 9.37 Å². The minimum Gasteiger partial charge on any atom is -0.490 e. The summed E-state index contributed by atoms with van der Waals surface area (Å²) in [5.74, 6) is -1.85. The zero-order valence-electron chi connectivity index (χ0n) is 34.3. The number of rotatable bonds is 13. The molecule has 4 aliphatic heterocycles. The highest BCUT2D eigenvalue weighted by Gasteiger charge is 2.45. The van der Waals surface area contributed by atoms with Crippen LogP contribution in [0.1, 0.15) is 63.2 Å². The number of hydrogen-bond acceptors (Lipinski definition) is 12. The summed E-state index contributed by atoms with van der Waals surface area (Å²) in [6.07, 6.45) is 4.29. The van der Waals surface area contributed by atoms with Crippen LogP contribution in [0.5, 0.6) is 5.75 Å². The van der Waals surface area contributed by atoms with Crippen molar-refractivity contribution in [3.8, 4) is 5.75 Å². The first-order valence-corrected chi connectivity index (χ1v) is 21.4. The van der Waals surface area contributed by atoms with Crippen LogP contribution >= 0.6 is 0 Å². The van der Waals surface area contributed by atoms with Gasteiger partial charge in [-0.05, 0) is 79.6 Å². The Hall–Kier alpha value is -6.39. The number of piperazine rings is 2. The van der Waals surface area contributed by atoms with E-state index in [-0.39, 0.29) is 41.7 Å². The van der Waals surface area contributed by atoms with Crippen molar-refractivity contribution in [3.63, 3.8) is 0 Å². The summed E-state index contributed by atoms with van der Waals surface area (Å²) in [4.78, 5) is 77.9. The number of ether oxygens (including phenoxy) is 2. The fourth-order valence-electron chi connectivity index (χ4n) is 8.81. The van der Waals surface area contributed by atoms with Crippen molar-refractivity contribution < 1.29 is 37.8 Å². The lowest BCUT2D eigenvalue weighted by atomic mass is 9.92. The number of hydrogen-bond donors (Lipinski definition) is 2. The average Bonchev–Trinajstić information content (AvgIpc) is 3.52. The summed E-state index contributed by atoms with van der Waals surface area (Å²) in [5, 5.41) is 5.04. The Labute approximate surface area is 358 Å². The number of nitrogens with one attached hydrogen (secondary N) is 2. The number of piperidine rings is 1. The van der Waals surface area contributed by atoms with E-state index >= 15 is 4.39 Å². The van der Waals surface area contributed by atoms with E-state index in [9.17, 15) is 24.0 Å². The monoisotopic (exact) mass is 844 g/mol. The first-order valence-electron chi connectivity index (χ1n) is 21.4. The van der Waals surface area contributed by atoms with Crippen molar-refractivity contribution in [2.45, 2.75) is 50.4 Å². The quantitative estimate of drug-likeness (QED) is 0.145. The molecule has 5 heterocycles. The minimum atomic E-state index is -0.985. The van der Waals surface area contributed by atoms with Crippen LogP contribution in [0, 0.1) is 5.82 Å². The van der Waals surface area contributed by atoms with E-state index in [2.05, 4.69) is 35.2 Å². The van der Waals surface area contributed by atoms with E-state index in [4.69, 9.17) is 9.47 Å². The van der Waals surface area contributed by atoms with Crippen LogP contribution in [0.4, 0.5) is 27.3 Å². The maximum Gasteiger partial charge on any atom is 0.262 e. The maximum atomic E-state index is 15.1. The van der Waals surface area contributed by atoms with E-state index < -0.39 is 41.4 Å². The van der Waals surface area contributed by atoms with Crippen LogP contribution in [0.2, 0.25) is 0 Å². The van der Waals surface area contributed by atoms with Gasteiger partial charge in [0.2, 0.25) is 11.8 Å². The molecule has 1 aliphatic carbocycles. The largest absolute Gasteiger partial charge is 0.490 e. The number of amides is 5. The lowest BCUT2D eigenvalue weighted by Gasteiger charge is -2.37. The number of fused-ring (bicyclic) bond motifs is 1. The molecular weight excluding hydrogens is 796 g/mol. The number of nitrogens with zero attached hydrogens (tertiary/aromatic N) is 6. The van der Waals surface area contributed by atoms with Crippen LogP contribution in [0.15, 0.2) is 85.1 Å². The molecule has 1 saturated carbocycles. The second-order valence-electron chi connectivity index (χ2n) is 16.4. The molecule has 62 heavy (non-hydrogen) atoms. The van der Waals surface area contributed by atoms with Crippen LogP contribution in [-0.4, -0.2) is 128 Å². The predicted octanol–water partition coefficient (Wildman–Crippen LogP) is 4.34. The zero-order chi connectivity index (χ0) is 42.7. The second-order valence-corrected chi connectivity index (χ2v) is 16.4. The third-order valence-corrected chi connectivity index (χ3v) is 12.4. The van der Waals surface area contributed by atoms with Crippen molar-refractivity contribution in [2.75, 3.05) is 85.5 Å².